The van der Waals surface area contributed by atoms with E-state index in [1.807, 2.05) is 48.5 Å². The Morgan fingerprint density at radius 3 is 2.80 bits per heavy atom. The largest absolute Gasteiger partial charge is 0.495 e. The third kappa shape index (κ3) is 2.88. The van der Waals surface area contributed by atoms with E-state index in [-0.39, 0.29) is 0 Å². The van der Waals surface area contributed by atoms with Crippen LogP contribution in [0, 0.1) is 0 Å². The van der Waals surface area contributed by atoms with E-state index in [1.165, 1.54) is 6.33 Å². The molecule has 4 rings (SSSR count). The van der Waals surface area contributed by atoms with Crippen LogP contribution in [-0.4, -0.2) is 26.9 Å². The molecule has 0 unspecified atom stereocenters. The second-order valence-corrected chi connectivity index (χ2v) is 5.76. The van der Waals surface area contributed by atoms with Gasteiger partial charge in [-0.3, -0.25) is 0 Å². The Kier molecular flexibility index (Phi) is 3.95. The van der Waals surface area contributed by atoms with Crippen molar-refractivity contribution in [3.8, 4) is 11.4 Å². The van der Waals surface area contributed by atoms with E-state index in [0.29, 0.717) is 16.5 Å². The van der Waals surface area contributed by atoms with Gasteiger partial charge in [-0.15, -0.1) is 0 Å². The van der Waals surface area contributed by atoms with Crippen molar-refractivity contribution in [2.45, 2.75) is 0 Å². The van der Waals surface area contributed by atoms with E-state index >= 15 is 0 Å². The van der Waals surface area contributed by atoms with Crippen molar-refractivity contribution in [2.75, 3.05) is 12.4 Å². The van der Waals surface area contributed by atoms with Crippen molar-refractivity contribution in [3.05, 3.63) is 66.1 Å². The van der Waals surface area contributed by atoms with Crippen LogP contribution in [0.5, 0.6) is 5.75 Å². The minimum absolute atomic E-state index is 0.641. The van der Waals surface area contributed by atoms with E-state index in [2.05, 4.69) is 20.4 Å². The second-order valence-electron chi connectivity index (χ2n) is 5.32. The minimum atomic E-state index is 0.641. The molecule has 7 heteroatoms. The Morgan fingerprint density at radius 2 is 1.96 bits per heavy atom. The van der Waals surface area contributed by atoms with Crippen LogP contribution in [0.1, 0.15) is 0 Å². The Bertz CT molecular complexity index is 1050. The highest BCUT2D eigenvalue weighted by molar-refractivity contribution is 6.30. The van der Waals surface area contributed by atoms with Gasteiger partial charge in [0.05, 0.1) is 30.1 Å². The average molecular weight is 352 g/mol. The van der Waals surface area contributed by atoms with Gasteiger partial charge in [-0.05, 0) is 30.3 Å². The molecule has 124 valence electrons. The molecular weight excluding hydrogens is 338 g/mol. The van der Waals surface area contributed by atoms with Crippen LogP contribution in [0.25, 0.3) is 16.7 Å². The molecule has 2 heterocycles. The number of hydrogen-bond donors (Lipinski definition) is 1. The second kappa shape index (κ2) is 6.41. The summed E-state index contributed by atoms with van der Waals surface area (Å²) in [5.74, 6) is 1.39. The molecule has 0 aliphatic heterocycles. The maximum absolute atomic E-state index is 6.08. The number of hydrogen-bond acceptors (Lipinski definition) is 5. The lowest BCUT2D eigenvalue weighted by atomic mass is 10.3. The van der Waals surface area contributed by atoms with Crippen molar-refractivity contribution in [3.63, 3.8) is 0 Å². The van der Waals surface area contributed by atoms with Crippen molar-refractivity contribution in [2.24, 2.45) is 0 Å². The van der Waals surface area contributed by atoms with Crippen molar-refractivity contribution < 1.29 is 4.74 Å². The van der Waals surface area contributed by atoms with E-state index in [0.717, 1.165) is 22.5 Å². The molecule has 0 fully saturated rings. The number of rotatable bonds is 4. The standard InChI is InChI=1S/C18H14ClN5O/c1-25-16-8-3-2-7-15(16)23-17-14-10-22-24(18(14)21-11-20-17)13-6-4-5-12(19)9-13/h2-11H,1H3,(H,20,21,23). The molecule has 0 amide bonds. The third-order valence-electron chi connectivity index (χ3n) is 3.78. The number of fused-ring (bicyclic) bond motifs is 1. The van der Waals surface area contributed by atoms with Crippen LogP contribution >= 0.6 is 11.6 Å². The summed E-state index contributed by atoms with van der Waals surface area (Å²) in [4.78, 5) is 8.71. The zero-order chi connectivity index (χ0) is 17.2. The number of para-hydroxylation sites is 2. The predicted octanol–water partition coefficient (Wildman–Crippen LogP) is 4.22. The van der Waals surface area contributed by atoms with E-state index < -0.39 is 0 Å². The summed E-state index contributed by atoms with van der Waals surface area (Å²) in [6, 6.07) is 15.1. The first-order chi connectivity index (χ1) is 12.3. The fourth-order valence-electron chi connectivity index (χ4n) is 2.62. The zero-order valence-corrected chi connectivity index (χ0v) is 14.1. The first-order valence-electron chi connectivity index (χ1n) is 7.61. The average Bonchev–Trinajstić information content (AvgIpc) is 3.07. The van der Waals surface area contributed by atoms with Crippen LogP contribution in [0.3, 0.4) is 0 Å². The number of nitrogens with zero attached hydrogens (tertiary/aromatic N) is 4. The van der Waals surface area contributed by atoms with Crippen LogP contribution in [-0.2, 0) is 0 Å². The van der Waals surface area contributed by atoms with Gasteiger partial charge < -0.3 is 10.1 Å². The lowest BCUT2D eigenvalue weighted by molar-refractivity contribution is 0.417. The maximum atomic E-state index is 6.08. The molecule has 0 atom stereocenters. The van der Waals surface area contributed by atoms with Crippen LogP contribution in [0.15, 0.2) is 61.1 Å². The van der Waals surface area contributed by atoms with E-state index in [4.69, 9.17) is 16.3 Å². The molecule has 0 aliphatic rings. The van der Waals surface area contributed by atoms with Crippen molar-refractivity contribution in [1.29, 1.82) is 0 Å². The molecule has 4 aromatic rings. The van der Waals surface area contributed by atoms with Gasteiger partial charge in [0, 0.05) is 5.02 Å². The zero-order valence-electron chi connectivity index (χ0n) is 13.3. The normalized spacial score (nSPS) is 10.8. The number of nitrogens with one attached hydrogen (secondary N) is 1. The minimum Gasteiger partial charge on any atom is -0.495 e. The van der Waals surface area contributed by atoms with E-state index in [9.17, 15) is 0 Å². The van der Waals surface area contributed by atoms with Gasteiger partial charge in [-0.2, -0.15) is 5.10 Å². The summed E-state index contributed by atoms with van der Waals surface area (Å²) < 4.78 is 7.11. The number of ether oxygens (including phenoxy) is 1. The molecule has 0 saturated heterocycles. The molecule has 2 aromatic heterocycles. The molecule has 0 radical (unpaired) electrons. The first-order valence-corrected chi connectivity index (χ1v) is 7.99. The summed E-state index contributed by atoms with van der Waals surface area (Å²) in [7, 11) is 1.63. The van der Waals surface area contributed by atoms with Crippen molar-refractivity contribution in [1.82, 2.24) is 19.7 Å². The molecular formula is C18H14ClN5O. The topological polar surface area (TPSA) is 64.9 Å². The van der Waals surface area contributed by atoms with Crippen molar-refractivity contribution >= 4 is 34.1 Å². The van der Waals surface area contributed by atoms with Gasteiger partial charge in [0.2, 0.25) is 0 Å². The highest BCUT2D eigenvalue weighted by Gasteiger charge is 2.12. The van der Waals surface area contributed by atoms with Crippen LogP contribution in [0.4, 0.5) is 11.5 Å². The Balaban J connectivity index is 1.79. The number of halogens is 1. The fourth-order valence-corrected chi connectivity index (χ4v) is 2.80. The summed E-state index contributed by atoms with van der Waals surface area (Å²) in [6.07, 6.45) is 3.23. The Morgan fingerprint density at radius 1 is 1.08 bits per heavy atom. The first kappa shape index (κ1) is 15.4. The third-order valence-corrected chi connectivity index (χ3v) is 4.01. The lowest BCUT2D eigenvalue weighted by Crippen LogP contribution is -2.00. The molecule has 0 spiro atoms. The van der Waals surface area contributed by atoms with Gasteiger partial charge in [0.1, 0.15) is 17.9 Å². The van der Waals surface area contributed by atoms with E-state index in [1.54, 1.807) is 18.0 Å². The number of anilines is 2. The lowest BCUT2D eigenvalue weighted by Gasteiger charge is -2.10. The van der Waals surface area contributed by atoms with Gasteiger partial charge in [-0.25, -0.2) is 14.6 Å². The molecule has 1 N–H and O–H groups in total. The molecule has 2 aromatic carbocycles. The highest BCUT2D eigenvalue weighted by atomic mass is 35.5. The molecule has 0 saturated carbocycles. The van der Waals surface area contributed by atoms with Crippen LogP contribution < -0.4 is 10.1 Å². The molecule has 25 heavy (non-hydrogen) atoms. The molecule has 6 nitrogen and oxygen atoms in total. The summed E-state index contributed by atoms with van der Waals surface area (Å²) >= 11 is 6.08. The Labute approximate surface area is 149 Å². The SMILES string of the molecule is COc1ccccc1Nc1ncnc2c1cnn2-c1cccc(Cl)c1. The predicted molar refractivity (Wildman–Crippen MR) is 97.9 cm³/mol. The smallest absolute Gasteiger partial charge is 0.168 e. The fraction of sp³-hybridized carbons (Fsp3) is 0.0556. The highest BCUT2D eigenvalue weighted by Crippen LogP contribution is 2.29. The number of benzene rings is 2. The maximum Gasteiger partial charge on any atom is 0.168 e. The van der Waals surface area contributed by atoms with Gasteiger partial charge >= 0.3 is 0 Å². The summed E-state index contributed by atoms with van der Waals surface area (Å²) in [6.45, 7) is 0. The number of aromatic nitrogens is 4. The Hall–Kier alpha value is -3.12. The van der Waals surface area contributed by atoms with Gasteiger partial charge in [0.25, 0.3) is 0 Å². The molecule has 0 aliphatic carbocycles. The summed E-state index contributed by atoms with van der Waals surface area (Å²) in [5.41, 5.74) is 2.35. The van der Waals surface area contributed by atoms with Gasteiger partial charge in [0.15, 0.2) is 5.65 Å². The van der Waals surface area contributed by atoms with Gasteiger partial charge in [-0.1, -0.05) is 29.8 Å². The quantitative estimate of drug-likeness (QED) is 0.596. The van der Waals surface area contributed by atoms with Crippen LogP contribution in [0.2, 0.25) is 5.02 Å². The molecule has 0 bridgehead atoms. The number of methoxy groups -OCH3 is 1. The monoisotopic (exact) mass is 351 g/mol. The summed E-state index contributed by atoms with van der Waals surface area (Å²) in [5, 5.41) is 9.16.